The van der Waals surface area contributed by atoms with E-state index in [1.807, 2.05) is 13.0 Å². The van der Waals surface area contributed by atoms with E-state index >= 15 is 0 Å². The fourth-order valence-electron chi connectivity index (χ4n) is 3.72. The van der Waals surface area contributed by atoms with Gasteiger partial charge in [-0.25, -0.2) is 0 Å². The van der Waals surface area contributed by atoms with E-state index in [1.54, 1.807) is 42.5 Å². The molecule has 1 fully saturated rings. The van der Waals surface area contributed by atoms with E-state index < -0.39 is 0 Å². The molecular formula is C25H32N4O3. The van der Waals surface area contributed by atoms with Crippen LogP contribution in [-0.2, 0) is 4.79 Å². The second-order valence-electron chi connectivity index (χ2n) is 8.12. The molecule has 0 spiro atoms. The lowest BCUT2D eigenvalue weighted by Crippen LogP contribution is -2.36. The third-order valence-electron chi connectivity index (χ3n) is 5.48. The summed E-state index contributed by atoms with van der Waals surface area (Å²) in [5.74, 6) is -0.419. The summed E-state index contributed by atoms with van der Waals surface area (Å²) in [5, 5.41) is 11.8. The fraction of sp³-hybridized carbons (Fsp3) is 0.400. The minimum atomic E-state index is -0.217. The second-order valence-corrected chi connectivity index (χ2v) is 8.12. The molecule has 32 heavy (non-hydrogen) atoms. The van der Waals surface area contributed by atoms with Crippen LogP contribution in [0.3, 0.4) is 0 Å². The Hall–Kier alpha value is -3.35. The number of benzene rings is 2. The maximum absolute atomic E-state index is 12.5. The number of hydrogen-bond acceptors (Lipinski definition) is 4. The number of hydrogen-bond donors (Lipinski definition) is 4. The Kier molecular flexibility index (Phi) is 8.66. The molecule has 0 radical (unpaired) electrons. The minimum Gasteiger partial charge on any atom is -0.376 e. The first-order valence-electron chi connectivity index (χ1n) is 11.4. The molecule has 0 heterocycles. The summed E-state index contributed by atoms with van der Waals surface area (Å²) in [4.78, 5) is 36.8. The van der Waals surface area contributed by atoms with Crippen LogP contribution >= 0.6 is 0 Å². The highest BCUT2D eigenvalue weighted by Crippen LogP contribution is 2.18. The van der Waals surface area contributed by atoms with Crippen LogP contribution in [0.5, 0.6) is 0 Å². The molecule has 3 amide bonds. The summed E-state index contributed by atoms with van der Waals surface area (Å²) in [6.07, 6.45) is 6.52. The molecule has 7 nitrogen and oxygen atoms in total. The maximum Gasteiger partial charge on any atom is 0.251 e. The van der Waals surface area contributed by atoms with Crippen molar-refractivity contribution >= 4 is 29.1 Å². The third-order valence-corrected chi connectivity index (χ3v) is 5.48. The van der Waals surface area contributed by atoms with Crippen molar-refractivity contribution in [2.45, 2.75) is 51.5 Å². The average Bonchev–Trinajstić information content (AvgIpc) is 2.82. The Morgan fingerprint density at radius 3 is 2.34 bits per heavy atom. The van der Waals surface area contributed by atoms with E-state index in [1.165, 1.54) is 6.42 Å². The van der Waals surface area contributed by atoms with Crippen molar-refractivity contribution in [2.24, 2.45) is 0 Å². The molecule has 0 saturated heterocycles. The van der Waals surface area contributed by atoms with Gasteiger partial charge in [-0.2, -0.15) is 0 Å². The van der Waals surface area contributed by atoms with Crippen molar-refractivity contribution < 1.29 is 14.4 Å². The van der Waals surface area contributed by atoms with Crippen LogP contribution < -0.4 is 21.3 Å². The topological polar surface area (TPSA) is 99.3 Å². The van der Waals surface area contributed by atoms with Gasteiger partial charge in [0.15, 0.2) is 0 Å². The lowest BCUT2D eigenvalue weighted by molar-refractivity contribution is -0.114. The zero-order valence-electron chi connectivity index (χ0n) is 18.6. The predicted octanol–water partition coefficient (Wildman–Crippen LogP) is 3.94. The maximum atomic E-state index is 12.5. The molecule has 0 aliphatic heterocycles. The van der Waals surface area contributed by atoms with Crippen molar-refractivity contribution in [3.8, 4) is 0 Å². The van der Waals surface area contributed by atoms with E-state index in [9.17, 15) is 14.4 Å². The number of nitrogens with one attached hydrogen (secondary N) is 4. The van der Waals surface area contributed by atoms with Crippen LogP contribution in [0.4, 0.5) is 11.4 Å². The highest BCUT2D eigenvalue weighted by atomic mass is 16.2. The zero-order chi connectivity index (χ0) is 22.8. The number of amides is 3. The van der Waals surface area contributed by atoms with Gasteiger partial charge in [0.1, 0.15) is 0 Å². The molecule has 1 aliphatic rings. The zero-order valence-corrected chi connectivity index (χ0v) is 18.6. The number of rotatable bonds is 9. The van der Waals surface area contributed by atoms with E-state index in [2.05, 4.69) is 21.3 Å². The molecule has 2 aromatic carbocycles. The van der Waals surface area contributed by atoms with Gasteiger partial charge in [-0.15, -0.1) is 0 Å². The largest absolute Gasteiger partial charge is 0.376 e. The molecule has 0 bridgehead atoms. The van der Waals surface area contributed by atoms with Gasteiger partial charge in [-0.1, -0.05) is 32.3 Å². The predicted molar refractivity (Wildman–Crippen MR) is 127 cm³/mol. The molecule has 7 heteroatoms. The van der Waals surface area contributed by atoms with E-state index in [-0.39, 0.29) is 30.3 Å². The van der Waals surface area contributed by atoms with Gasteiger partial charge in [0.25, 0.3) is 11.8 Å². The fourth-order valence-corrected chi connectivity index (χ4v) is 3.72. The number of anilines is 2. The molecule has 2 aromatic rings. The van der Waals surface area contributed by atoms with E-state index in [0.29, 0.717) is 29.0 Å². The van der Waals surface area contributed by atoms with Gasteiger partial charge >= 0.3 is 0 Å². The molecule has 0 atom stereocenters. The van der Waals surface area contributed by atoms with E-state index in [4.69, 9.17) is 0 Å². The Labute approximate surface area is 189 Å². The summed E-state index contributed by atoms with van der Waals surface area (Å²) in [5.41, 5.74) is 2.46. The number of carbonyl (C=O) groups excluding carboxylic acids is 3. The first-order valence-corrected chi connectivity index (χ1v) is 11.4. The summed E-state index contributed by atoms with van der Waals surface area (Å²) in [6, 6.07) is 14.2. The molecule has 0 aromatic heterocycles. The Bertz CT molecular complexity index is 921. The monoisotopic (exact) mass is 436 g/mol. The van der Waals surface area contributed by atoms with Crippen LogP contribution in [0, 0.1) is 0 Å². The SMILES string of the molecule is CCCNC(=O)c1ccc(NC(=O)CNc2cccc(C(=O)NC3CCCCC3)c2)cc1. The van der Waals surface area contributed by atoms with Crippen LogP contribution in [0.1, 0.15) is 66.2 Å². The van der Waals surface area contributed by atoms with Gasteiger partial charge in [-0.05, 0) is 61.7 Å². The Balaban J connectivity index is 1.47. The summed E-state index contributed by atoms with van der Waals surface area (Å²) in [7, 11) is 0. The number of carbonyl (C=O) groups is 3. The normalized spacial score (nSPS) is 13.8. The molecule has 170 valence electrons. The summed E-state index contributed by atoms with van der Waals surface area (Å²) >= 11 is 0. The standard InChI is InChI=1S/C25H32N4O3/c1-2-15-26-24(31)18-11-13-21(14-12-18)28-23(30)17-27-22-10-6-7-19(16-22)25(32)29-20-8-4-3-5-9-20/h6-7,10-14,16,20,27H,2-5,8-9,15,17H2,1H3,(H,26,31)(H,28,30)(H,29,32). The highest BCUT2D eigenvalue weighted by molar-refractivity contribution is 5.97. The molecule has 0 unspecified atom stereocenters. The van der Waals surface area contributed by atoms with Crippen molar-refractivity contribution in [1.29, 1.82) is 0 Å². The lowest BCUT2D eigenvalue weighted by Gasteiger charge is -2.22. The summed E-state index contributed by atoms with van der Waals surface area (Å²) in [6.45, 7) is 2.69. The summed E-state index contributed by atoms with van der Waals surface area (Å²) < 4.78 is 0. The van der Waals surface area contributed by atoms with Crippen molar-refractivity contribution in [1.82, 2.24) is 10.6 Å². The smallest absolute Gasteiger partial charge is 0.251 e. The molecular weight excluding hydrogens is 404 g/mol. The van der Waals surface area contributed by atoms with Gasteiger partial charge in [0.2, 0.25) is 5.91 Å². The molecule has 1 aliphatic carbocycles. The first kappa shape index (κ1) is 23.3. The van der Waals surface area contributed by atoms with Crippen molar-refractivity contribution in [3.63, 3.8) is 0 Å². The van der Waals surface area contributed by atoms with Gasteiger partial charge < -0.3 is 21.3 Å². The lowest BCUT2D eigenvalue weighted by atomic mass is 9.95. The first-order chi connectivity index (χ1) is 15.5. The van der Waals surface area contributed by atoms with Gasteiger partial charge in [0, 0.05) is 35.1 Å². The van der Waals surface area contributed by atoms with Gasteiger partial charge in [-0.3, -0.25) is 14.4 Å². The Morgan fingerprint density at radius 2 is 1.62 bits per heavy atom. The van der Waals surface area contributed by atoms with Crippen LogP contribution in [0.25, 0.3) is 0 Å². The van der Waals surface area contributed by atoms with E-state index in [0.717, 1.165) is 32.1 Å². The Morgan fingerprint density at radius 1 is 0.875 bits per heavy atom. The van der Waals surface area contributed by atoms with Crippen LogP contribution in [0.2, 0.25) is 0 Å². The van der Waals surface area contributed by atoms with Crippen LogP contribution in [0.15, 0.2) is 48.5 Å². The third kappa shape index (κ3) is 7.11. The molecule has 1 saturated carbocycles. The van der Waals surface area contributed by atoms with Crippen LogP contribution in [-0.4, -0.2) is 36.9 Å². The van der Waals surface area contributed by atoms with Crippen molar-refractivity contribution in [3.05, 3.63) is 59.7 Å². The quantitative estimate of drug-likeness (QED) is 0.478. The average molecular weight is 437 g/mol. The van der Waals surface area contributed by atoms with Crippen molar-refractivity contribution in [2.75, 3.05) is 23.7 Å². The van der Waals surface area contributed by atoms with Gasteiger partial charge in [0.05, 0.1) is 6.54 Å². The highest BCUT2D eigenvalue weighted by Gasteiger charge is 2.16. The minimum absolute atomic E-state index is 0.0619. The molecule has 4 N–H and O–H groups in total. The second kappa shape index (κ2) is 11.9. The molecule has 3 rings (SSSR count).